The highest BCUT2D eigenvalue weighted by Crippen LogP contribution is 2.21. The lowest BCUT2D eigenvalue weighted by atomic mass is 10.1. The minimum atomic E-state index is -1.04. The van der Waals surface area contributed by atoms with Crippen LogP contribution in [0.2, 0.25) is 0 Å². The molecule has 0 fully saturated rings. The summed E-state index contributed by atoms with van der Waals surface area (Å²) in [6.07, 6.45) is 3.30. The summed E-state index contributed by atoms with van der Waals surface area (Å²) < 4.78 is 11.3. The van der Waals surface area contributed by atoms with Crippen LogP contribution in [-0.4, -0.2) is 21.4 Å². The Kier molecular flexibility index (Phi) is 2.32. The van der Waals surface area contributed by atoms with Crippen molar-refractivity contribution in [3.63, 3.8) is 0 Å². The van der Waals surface area contributed by atoms with Gasteiger partial charge < -0.3 is 10.7 Å². The number of aromatic nitrogens is 1. The fourth-order valence-electron chi connectivity index (χ4n) is 1.49. The van der Waals surface area contributed by atoms with Crippen molar-refractivity contribution in [2.75, 3.05) is 6.26 Å². The van der Waals surface area contributed by atoms with Crippen molar-refractivity contribution >= 4 is 27.6 Å². The number of rotatable bonds is 2. The number of fused-ring (bicyclic) bond motifs is 1. The van der Waals surface area contributed by atoms with Gasteiger partial charge >= 0.3 is 0 Å². The van der Waals surface area contributed by atoms with Gasteiger partial charge in [-0.1, -0.05) is 6.07 Å². The Morgan fingerprint density at radius 3 is 2.80 bits per heavy atom. The standard InChI is InChI=1S/C10H10N2O2S/c1-15(14)9-5-12-8-4-6(10(11)13)2-3-7(8)9/h2-5,12H,1H3,(H2,11,13). The second kappa shape index (κ2) is 3.51. The number of hydrogen-bond acceptors (Lipinski definition) is 2. The minimum absolute atomic E-state index is 0.442. The molecule has 1 amide bonds. The van der Waals surface area contributed by atoms with E-state index in [1.54, 1.807) is 30.7 Å². The number of H-pyrrole nitrogens is 1. The molecule has 0 aliphatic carbocycles. The lowest BCUT2D eigenvalue weighted by molar-refractivity contribution is 0.100. The molecular formula is C10H10N2O2S. The molecule has 0 aliphatic heterocycles. The summed E-state index contributed by atoms with van der Waals surface area (Å²) >= 11 is 0. The molecule has 78 valence electrons. The van der Waals surface area contributed by atoms with E-state index >= 15 is 0 Å². The average Bonchev–Trinajstić information content (AvgIpc) is 2.59. The number of carbonyl (C=O) groups is 1. The van der Waals surface area contributed by atoms with Crippen molar-refractivity contribution in [3.8, 4) is 0 Å². The molecule has 1 unspecified atom stereocenters. The van der Waals surface area contributed by atoms with Crippen molar-refractivity contribution < 1.29 is 9.00 Å². The van der Waals surface area contributed by atoms with Crippen LogP contribution in [0.3, 0.4) is 0 Å². The molecule has 1 heterocycles. The zero-order valence-electron chi connectivity index (χ0n) is 8.11. The Bertz CT molecular complexity index is 560. The van der Waals surface area contributed by atoms with Gasteiger partial charge in [-0.15, -0.1) is 0 Å². The lowest BCUT2D eigenvalue weighted by Crippen LogP contribution is -2.10. The number of nitrogens with one attached hydrogen (secondary N) is 1. The predicted octanol–water partition coefficient (Wildman–Crippen LogP) is 1.00. The van der Waals surface area contributed by atoms with Crippen molar-refractivity contribution in [2.24, 2.45) is 5.73 Å². The average molecular weight is 222 g/mol. The van der Waals surface area contributed by atoms with Gasteiger partial charge in [0.25, 0.3) is 0 Å². The second-order valence-electron chi connectivity index (χ2n) is 3.23. The van der Waals surface area contributed by atoms with E-state index in [0.717, 1.165) is 15.8 Å². The van der Waals surface area contributed by atoms with Crippen LogP contribution in [0.5, 0.6) is 0 Å². The summed E-state index contributed by atoms with van der Waals surface area (Å²) in [4.78, 5) is 14.6. The van der Waals surface area contributed by atoms with E-state index in [1.165, 1.54) is 0 Å². The van der Waals surface area contributed by atoms with Crippen LogP contribution < -0.4 is 5.73 Å². The summed E-state index contributed by atoms with van der Waals surface area (Å²) in [5.41, 5.74) is 6.38. The third-order valence-electron chi connectivity index (χ3n) is 2.24. The van der Waals surface area contributed by atoms with Crippen LogP contribution >= 0.6 is 0 Å². The molecule has 0 spiro atoms. The topological polar surface area (TPSA) is 75.9 Å². The van der Waals surface area contributed by atoms with Crippen LogP contribution in [-0.2, 0) is 10.8 Å². The molecule has 0 radical (unpaired) electrons. The van der Waals surface area contributed by atoms with Crippen LogP contribution in [0.4, 0.5) is 0 Å². The molecule has 1 aromatic carbocycles. The molecule has 0 saturated carbocycles. The fourth-order valence-corrected chi connectivity index (χ4v) is 2.20. The predicted molar refractivity (Wildman–Crippen MR) is 59.1 cm³/mol. The molecule has 0 bridgehead atoms. The number of nitrogens with two attached hydrogens (primary N) is 1. The number of benzene rings is 1. The van der Waals surface area contributed by atoms with Crippen molar-refractivity contribution in [3.05, 3.63) is 30.0 Å². The zero-order chi connectivity index (χ0) is 11.0. The summed E-state index contributed by atoms with van der Waals surface area (Å²) in [6, 6.07) is 5.05. The molecular weight excluding hydrogens is 212 g/mol. The summed E-state index contributed by atoms with van der Waals surface area (Å²) in [7, 11) is -1.04. The highest BCUT2D eigenvalue weighted by molar-refractivity contribution is 7.84. The largest absolute Gasteiger partial charge is 0.366 e. The number of carbonyl (C=O) groups excluding carboxylic acids is 1. The smallest absolute Gasteiger partial charge is 0.248 e. The molecule has 0 aliphatic rings. The van der Waals surface area contributed by atoms with E-state index in [-0.39, 0.29) is 0 Å². The first-order valence-corrected chi connectivity index (χ1v) is 5.90. The van der Waals surface area contributed by atoms with Gasteiger partial charge in [0.15, 0.2) is 0 Å². The number of primary amides is 1. The van der Waals surface area contributed by atoms with Gasteiger partial charge in [-0.3, -0.25) is 9.00 Å². The molecule has 0 saturated heterocycles. The highest BCUT2D eigenvalue weighted by atomic mass is 32.2. The maximum atomic E-state index is 11.3. The van der Waals surface area contributed by atoms with E-state index < -0.39 is 16.7 Å². The maximum Gasteiger partial charge on any atom is 0.248 e. The van der Waals surface area contributed by atoms with E-state index in [9.17, 15) is 9.00 Å². The molecule has 2 aromatic rings. The van der Waals surface area contributed by atoms with Gasteiger partial charge in [-0.05, 0) is 12.1 Å². The quantitative estimate of drug-likeness (QED) is 0.795. The molecule has 15 heavy (non-hydrogen) atoms. The Balaban J connectivity index is 2.66. The van der Waals surface area contributed by atoms with Gasteiger partial charge in [-0.25, -0.2) is 0 Å². The molecule has 3 N–H and O–H groups in total. The highest BCUT2D eigenvalue weighted by Gasteiger charge is 2.08. The van der Waals surface area contributed by atoms with Crippen LogP contribution in [0.1, 0.15) is 10.4 Å². The zero-order valence-corrected chi connectivity index (χ0v) is 8.93. The number of amides is 1. The van der Waals surface area contributed by atoms with Gasteiger partial charge in [0.2, 0.25) is 5.91 Å². The van der Waals surface area contributed by atoms with E-state index in [4.69, 9.17) is 5.73 Å². The Morgan fingerprint density at radius 1 is 1.47 bits per heavy atom. The molecule has 1 aromatic heterocycles. The second-order valence-corrected chi connectivity index (χ2v) is 4.58. The van der Waals surface area contributed by atoms with E-state index in [1.807, 2.05) is 0 Å². The first-order chi connectivity index (χ1) is 7.09. The molecule has 1 atom stereocenters. The van der Waals surface area contributed by atoms with Gasteiger partial charge in [-0.2, -0.15) is 0 Å². The van der Waals surface area contributed by atoms with Crippen molar-refractivity contribution in [1.82, 2.24) is 4.98 Å². The van der Waals surface area contributed by atoms with E-state index in [2.05, 4.69) is 4.98 Å². The van der Waals surface area contributed by atoms with Crippen LogP contribution in [0, 0.1) is 0 Å². The summed E-state index contributed by atoms with van der Waals surface area (Å²) in [5, 5.41) is 0.862. The SMILES string of the molecule is CS(=O)c1c[nH]c2cc(C(N)=O)ccc12. The monoisotopic (exact) mass is 222 g/mol. The first-order valence-electron chi connectivity index (χ1n) is 4.34. The Hall–Kier alpha value is -1.62. The first kappa shape index (κ1) is 9.92. The maximum absolute atomic E-state index is 11.3. The van der Waals surface area contributed by atoms with Gasteiger partial charge in [0.05, 0.1) is 15.7 Å². The number of hydrogen-bond donors (Lipinski definition) is 2. The Morgan fingerprint density at radius 2 is 2.20 bits per heavy atom. The minimum Gasteiger partial charge on any atom is -0.366 e. The third-order valence-corrected chi connectivity index (χ3v) is 3.20. The van der Waals surface area contributed by atoms with Crippen LogP contribution in [0.25, 0.3) is 10.9 Å². The van der Waals surface area contributed by atoms with Gasteiger partial charge in [0, 0.05) is 28.9 Å². The van der Waals surface area contributed by atoms with Crippen LogP contribution in [0.15, 0.2) is 29.3 Å². The normalized spacial score (nSPS) is 12.9. The summed E-state index contributed by atoms with van der Waals surface area (Å²) in [6.45, 7) is 0. The van der Waals surface area contributed by atoms with Crippen molar-refractivity contribution in [2.45, 2.75) is 4.90 Å². The lowest BCUT2D eigenvalue weighted by Gasteiger charge is -1.96. The summed E-state index contributed by atoms with van der Waals surface area (Å²) in [5.74, 6) is -0.467. The third kappa shape index (κ3) is 1.66. The molecule has 5 heteroatoms. The fraction of sp³-hybridized carbons (Fsp3) is 0.100. The number of aromatic amines is 1. The Labute approximate surface area is 88.9 Å². The molecule has 4 nitrogen and oxygen atoms in total. The van der Waals surface area contributed by atoms with Gasteiger partial charge in [0.1, 0.15) is 0 Å². The van der Waals surface area contributed by atoms with Crippen molar-refractivity contribution in [1.29, 1.82) is 0 Å². The molecule has 2 rings (SSSR count). The van der Waals surface area contributed by atoms with E-state index in [0.29, 0.717) is 5.56 Å².